The Hall–Kier alpha value is -2.98. The Morgan fingerprint density at radius 3 is 2.83 bits per heavy atom. The van der Waals surface area contributed by atoms with Crippen molar-refractivity contribution < 1.29 is 9.18 Å². The van der Waals surface area contributed by atoms with E-state index in [1.54, 1.807) is 17.5 Å². The van der Waals surface area contributed by atoms with Gasteiger partial charge in [0.25, 0.3) is 5.91 Å². The largest absolute Gasteiger partial charge is 0.340 e. The normalized spacial score (nSPS) is 10.4. The smallest absolute Gasteiger partial charge is 0.271 e. The molecule has 0 atom stereocenters. The summed E-state index contributed by atoms with van der Waals surface area (Å²) in [5.41, 5.74) is 2.42. The Balaban J connectivity index is 1.96. The Labute approximate surface area is 142 Å². The lowest BCUT2D eigenvalue weighted by Gasteiger charge is -2.00. The maximum Gasteiger partial charge on any atom is 0.271 e. The number of thiazole rings is 1. The molecule has 0 saturated heterocycles. The molecule has 120 valence electrons. The molecule has 2 aromatic heterocycles. The lowest BCUT2D eigenvalue weighted by Crippen LogP contribution is -2.23. The molecule has 0 radical (unpaired) electrons. The fourth-order valence-corrected chi connectivity index (χ4v) is 2.98. The molecule has 2 N–H and O–H groups in total. The van der Waals surface area contributed by atoms with Crippen molar-refractivity contribution in [3.63, 3.8) is 0 Å². The quantitative estimate of drug-likeness (QED) is 0.717. The number of terminal acetylenes is 1. The second kappa shape index (κ2) is 6.64. The highest BCUT2D eigenvalue weighted by Gasteiger charge is 2.18. The summed E-state index contributed by atoms with van der Waals surface area (Å²) in [5, 5.41) is 4.86. The van der Waals surface area contributed by atoms with Crippen LogP contribution in [0.15, 0.2) is 29.6 Å². The average Bonchev–Trinajstić information content (AvgIpc) is 3.20. The van der Waals surface area contributed by atoms with Crippen molar-refractivity contribution in [1.29, 1.82) is 0 Å². The van der Waals surface area contributed by atoms with Gasteiger partial charge in [-0.25, -0.2) is 14.4 Å². The van der Waals surface area contributed by atoms with Crippen LogP contribution in [-0.4, -0.2) is 27.4 Å². The molecule has 0 aliphatic heterocycles. The molecule has 1 amide bonds. The number of imidazole rings is 1. The van der Waals surface area contributed by atoms with Crippen molar-refractivity contribution in [1.82, 2.24) is 20.3 Å². The number of amides is 1. The monoisotopic (exact) mass is 340 g/mol. The highest BCUT2D eigenvalue weighted by molar-refractivity contribution is 7.13. The van der Waals surface area contributed by atoms with Gasteiger partial charge < -0.3 is 10.3 Å². The number of aromatic nitrogens is 3. The number of aromatic amines is 1. The van der Waals surface area contributed by atoms with Gasteiger partial charge in [0, 0.05) is 10.9 Å². The summed E-state index contributed by atoms with van der Waals surface area (Å²) in [4.78, 5) is 23.9. The van der Waals surface area contributed by atoms with Gasteiger partial charge >= 0.3 is 0 Å². The fraction of sp³-hybridized carbons (Fsp3) is 0.118. The third-order valence-electron chi connectivity index (χ3n) is 3.24. The van der Waals surface area contributed by atoms with Gasteiger partial charge in [0.15, 0.2) is 0 Å². The molecule has 3 rings (SSSR count). The maximum atomic E-state index is 13.1. The molecule has 0 aliphatic carbocycles. The molecular weight excluding hydrogens is 327 g/mol. The number of nitrogens with zero attached hydrogens (tertiary/aromatic N) is 2. The van der Waals surface area contributed by atoms with E-state index in [0.717, 1.165) is 5.56 Å². The number of halogens is 1. The molecule has 3 aromatic rings. The van der Waals surface area contributed by atoms with Crippen LogP contribution in [0.25, 0.3) is 22.0 Å². The van der Waals surface area contributed by atoms with E-state index >= 15 is 0 Å². The van der Waals surface area contributed by atoms with E-state index in [-0.39, 0.29) is 18.3 Å². The molecule has 0 spiro atoms. The molecular formula is C17H13FN4OS. The second-order valence-electron chi connectivity index (χ2n) is 4.98. The van der Waals surface area contributed by atoms with Crippen LogP contribution in [0.2, 0.25) is 0 Å². The summed E-state index contributed by atoms with van der Waals surface area (Å²) < 4.78 is 13.1. The van der Waals surface area contributed by atoms with Crippen LogP contribution in [-0.2, 0) is 0 Å². The van der Waals surface area contributed by atoms with Crippen LogP contribution in [0.1, 0.15) is 16.3 Å². The van der Waals surface area contributed by atoms with Gasteiger partial charge in [0.1, 0.15) is 28.0 Å². The zero-order valence-electron chi connectivity index (χ0n) is 12.8. The maximum absolute atomic E-state index is 13.1. The average molecular weight is 340 g/mol. The van der Waals surface area contributed by atoms with Crippen molar-refractivity contribution in [3.8, 4) is 34.3 Å². The van der Waals surface area contributed by atoms with Crippen LogP contribution in [0.3, 0.4) is 0 Å². The molecule has 0 unspecified atom stereocenters. The summed E-state index contributed by atoms with van der Waals surface area (Å²) in [6.45, 7) is 1.97. The minimum absolute atomic E-state index is 0.149. The number of H-pyrrole nitrogens is 1. The van der Waals surface area contributed by atoms with Crippen molar-refractivity contribution >= 4 is 17.2 Å². The number of carbonyl (C=O) groups is 1. The summed E-state index contributed by atoms with van der Waals surface area (Å²) in [5.74, 6) is 2.41. The van der Waals surface area contributed by atoms with E-state index in [1.807, 2.05) is 6.92 Å². The van der Waals surface area contributed by atoms with Gasteiger partial charge in [-0.15, -0.1) is 17.8 Å². The van der Waals surface area contributed by atoms with Gasteiger partial charge in [0.05, 0.1) is 12.2 Å². The number of aryl methyl sites for hydroxylation is 1. The van der Waals surface area contributed by atoms with Crippen molar-refractivity contribution in [2.75, 3.05) is 6.54 Å². The fourth-order valence-electron chi connectivity index (χ4n) is 2.18. The number of nitrogens with one attached hydrogen (secondary N) is 2. The molecule has 7 heteroatoms. The number of carbonyl (C=O) groups excluding carboxylic acids is 1. The summed E-state index contributed by atoms with van der Waals surface area (Å²) in [6.07, 6.45) is 5.13. The van der Waals surface area contributed by atoms with E-state index in [9.17, 15) is 9.18 Å². The molecule has 5 nitrogen and oxygen atoms in total. The topological polar surface area (TPSA) is 70.7 Å². The lowest BCUT2D eigenvalue weighted by atomic mass is 10.1. The molecule has 0 aliphatic rings. The first kappa shape index (κ1) is 15.9. The zero-order chi connectivity index (χ0) is 17.1. The van der Waals surface area contributed by atoms with Crippen molar-refractivity contribution in [2.45, 2.75) is 6.92 Å². The molecule has 0 saturated carbocycles. The molecule has 1 aromatic carbocycles. The lowest BCUT2D eigenvalue weighted by molar-refractivity contribution is 0.0954. The Morgan fingerprint density at radius 1 is 1.38 bits per heavy atom. The van der Waals surface area contributed by atoms with Crippen LogP contribution >= 0.6 is 11.3 Å². The van der Waals surface area contributed by atoms with Gasteiger partial charge in [-0.1, -0.05) is 5.92 Å². The van der Waals surface area contributed by atoms with E-state index < -0.39 is 0 Å². The Kier molecular flexibility index (Phi) is 4.40. The molecule has 24 heavy (non-hydrogen) atoms. The minimum atomic E-state index is -0.324. The summed E-state index contributed by atoms with van der Waals surface area (Å²) in [7, 11) is 0. The molecule has 0 bridgehead atoms. The van der Waals surface area contributed by atoms with Gasteiger partial charge in [-0.3, -0.25) is 4.79 Å². The standard InChI is InChI=1S/C17H13FN4OS/c1-3-8-19-16(23)13-9-24-17(22-13)15-14(20-10(2)21-15)11-4-6-12(18)7-5-11/h1,4-7,9H,8H2,2H3,(H,19,23)(H,20,21). The molecule has 0 fully saturated rings. The van der Waals surface area contributed by atoms with Crippen molar-refractivity contribution in [3.05, 3.63) is 47.0 Å². The third-order valence-corrected chi connectivity index (χ3v) is 4.10. The number of hydrogen-bond donors (Lipinski definition) is 2. The first-order valence-electron chi connectivity index (χ1n) is 7.08. The van der Waals surface area contributed by atoms with Gasteiger partial charge in [-0.2, -0.15) is 0 Å². The van der Waals surface area contributed by atoms with Crippen LogP contribution in [0.5, 0.6) is 0 Å². The zero-order valence-corrected chi connectivity index (χ0v) is 13.6. The highest BCUT2D eigenvalue weighted by atomic mass is 32.1. The SMILES string of the molecule is C#CCNC(=O)c1csc(-c2[nH]c(C)nc2-c2ccc(F)cc2)n1. The first-order valence-corrected chi connectivity index (χ1v) is 7.96. The minimum Gasteiger partial charge on any atom is -0.340 e. The third kappa shape index (κ3) is 3.19. The number of benzene rings is 1. The summed E-state index contributed by atoms with van der Waals surface area (Å²) >= 11 is 1.32. The predicted octanol–water partition coefficient (Wildman–Crippen LogP) is 3.01. The van der Waals surface area contributed by atoms with Gasteiger partial charge in [-0.05, 0) is 31.2 Å². The number of rotatable bonds is 4. The highest BCUT2D eigenvalue weighted by Crippen LogP contribution is 2.32. The van der Waals surface area contributed by atoms with E-state index in [4.69, 9.17) is 6.42 Å². The first-order chi connectivity index (χ1) is 11.6. The van der Waals surface area contributed by atoms with E-state index in [2.05, 4.69) is 26.2 Å². The van der Waals surface area contributed by atoms with Crippen LogP contribution in [0, 0.1) is 25.1 Å². The Morgan fingerprint density at radius 2 is 2.12 bits per heavy atom. The van der Waals surface area contributed by atoms with E-state index in [0.29, 0.717) is 27.9 Å². The van der Waals surface area contributed by atoms with Crippen LogP contribution < -0.4 is 5.32 Å². The molecule has 2 heterocycles. The van der Waals surface area contributed by atoms with Crippen molar-refractivity contribution in [2.24, 2.45) is 0 Å². The second-order valence-corrected chi connectivity index (χ2v) is 5.84. The van der Waals surface area contributed by atoms with E-state index in [1.165, 1.54) is 23.5 Å². The number of hydrogen-bond acceptors (Lipinski definition) is 4. The predicted molar refractivity (Wildman–Crippen MR) is 91.0 cm³/mol. The van der Waals surface area contributed by atoms with Gasteiger partial charge in [0.2, 0.25) is 0 Å². The van der Waals surface area contributed by atoms with Crippen LogP contribution in [0.4, 0.5) is 4.39 Å². The summed E-state index contributed by atoms with van der Waals surface area (Å²) in [6, 6.07) is 6.07. The Bertz CT molecular complexity index is 921.